The fraction of sp³-hybridized carbons (Fsp3) is 0.250. The number of H-pyrrole nitrogens is 1. The molecule has 102 valence electrons. The van der Waals surface area contributed by atoms with Crippen molar-refractivity contribution in [2.24, 2.45) is 0 Å². The summed E-state index contributed by atoms with van der Waals surface area (Å²) in [4.78, 5) is 15.4. The van der Waals surface area contributed by atoms with Crippen LogP contribution in [-0.4, -0.2) is 14.8 Å². The molecule has 3 aromatic rings. The van der Waals surface area contributed by atoms with E-state index in [1.165, 1.54) is 0 Å². The molecule has 0 aliphatic heterocycles. The molecule has 0 saturated carbocycles. The van der Waals surface area contributed by atoms with Gasteiger partial charge in [0.2, 0.25) is 0 Å². The van der Waals surface area contributed by atoms with Crippen molar-refractivity contribution < 1.29 is 0 Å². The number of nitrogens with zero attached hydrogens (tertiary/aromatic N) is 2. The number of rotatable bonds is 1. The Bertz CT molecular complexity index is 807. The van der Waals surface area contributed by atoms with Gasteiger partial charge < -0.3 is 4.98 Å². The minimum absolute atomic E-state index is 0.00639. The lowest BCUT2D eigenvalue weighted by Gasteiger charge is -2.19. The summed E-state index contributed by atoms with van der Waals surface area (Å²) in [5.41, 5.74) is 2.25. The van der Waals surface area contributed by atoms with Crippen LogP contribution in [0.2, 0.25) is 0 Å². The van der Waals surface area contributed by atoms with Gasteiger partial charge >= 0.3 is 0 Å². The first-order valence-electron chi connectivity index (χ1n) is 6.65. The van der Waals surface area contributed by atoms with E-state index in [4.69, 9.17) is 0 Å². The van der Waals surface area contributed by atoms with Crippen molar-refractivity contribution in [3.05, 3.63) is 52.8 Å². The standard InChI is InChI=1S/C16H17N3O/c1-16(2,3)19-15-13(12(20)9-10-17-15)14(18-19)11-7-5-4-6-8-11/h4-10H,1-3H3,(H,17,20). The highest BCUT2D eigenvalue weighted by molar-refractivity contribution is 5.91. The Kier molecular flexibility index (Phi) is 2.74. The van der Waals surface area contributed by atoms with Crippen LogP contribution in [0, 0.1) is 0 Å². The van der Waals surface area contributed by atoms with Crippen molar-refractivity contribution >= 4 is 11.0 Å². The molecule has 4 heteroatoms. The summed E-state index contributed by atoms with van der Waals surface area (Å²) >= 11 is 0. The van der Waals surface area contributed by atoms with Crippen molar-refractivity contribution in [1.29, 1.82) is 0 Å². The van der Waals surface area contributed by atoms with Gasteiger partial charge in [0.1, 0.15) is 11.3 Å². The maximum absolute atomic E-state index is 12.2. The van der Waals surface area contributed by atoms with Gasteiger partial charge in [-0.15, -0.1) is 0 Å². The van der Waals surface area contributed by atoms with Gasteiger partial charge in [0.25, 0.3) is 0 Å². The fourth-order valence-corrected chi connectivity index (χ4v) is 2.35. The van der Waals surface area contributed by atoms with E-state index in [0.29, 0.717) is 5.39 Å². The Hall–Kier alpha value is -2.36. The maximum atomic E-state index is 12.2. The average molecular weight is 267 g/mol. The minimum atomic E-state index is -0.199. The zero-order valence-corrected chi connectivity index (χ0v) is 11.8. The second-order valence-electron chi connectivity index (χ2n) is 5.86. The molecule has 2 aromatic heterocycles. The highest BCUT2D eigenvalue weighted by Crippen LogP contribution is 2.27. The van der Waals surface area contributed by atoms with Gasteiger partial charge in [-0.2, -0.15) is 5.10 Å². The number of nitrogens with one attached hydrogen (secondary N) is 1. The molecule has 0 radical (unpaired) electrons. The van der Waals surface area contributed by atoms with E-state index in [1.807, 2.05) is 35.0 Å². The Labute approximate surface area is 117 Å². The lowest BCUT2D eigenvalue weighted by molar-refractivity contribution is 0.367. The summed E-state index contributed by atoms with van der Waals surface area (Å²) in [5.74, 6) is 0. The summed E-state index contributed by atoms with van der Waals surface area (Å²) in [6.45, 7) is 6.21. The molecular weight excluding hydrogens is 250 g/mol. The fourth-order valence-electron chi connectivity index (χ4n) is 2.35. The summed E-state index contributed by atoms with van der Waals surface area (Å²) in [6, 6.07) is 11.4. The quantitative estimate of drug-likeness (QED) is 0.736. The van der Waals surface area contributed by atoms with Crippen LogP contribution in [0.5, 0.6) is 0 Å². The molecule has 0 aliphatic rings. The van der Waals surface area contributed by atoms with Crippen LogP contribution in [0.25, 0.3) is 22.3 Å². The molecular formula is C16H17N3O. The summed E-state index contributed by atoms with van der Waals surface area (Å²) in [6.07, 6.45) is 1.67. The van der Waals surface area contributed by atoms with Crippen LogP contribution in [0.15, 0.2) is 47.4 Å². The zero-order valence-electron chi connectivity index (χ0n) is 11.8. The van der Waals surface area contributed by atoms with E-state index in [1.54, 1.807) is 12.3 Å². The van der Waals surface area contributed by atoms with E-state index in [-0.39, 0.29) is 11.0 Å². The molecule has 1 N–H and O–H groups in total. The molecule has 0 amide bonds. The predicted octanol–water partition coefficient (Wildman–Crippen LogP) is 3.15. The molecule has 1 aromatic carbocycles. The molecule has 0 aliphatic carbocycles. The van der Waals surface area contributed by atoms with Gasteiger partial charge in [-0.25, -0.2) is 4.68 Å². The van der Waals surface area contributed by atoms with Crippen LogP contribution in [0.3, 0.4) is 0 Å². The van der Waals surface area contributed by atoms with Crippen molar-refractivity contribution in [2.45, 2.75) is 26.3 Å². The Balaban J connectivity index is 2.42. The first-order chi connectivity index (χ1) is 9.48. The van der Waals surface area contributed by atoms with E-state index in [2.05, 4.69) is 30.9 Å². The normalized spacial score (nSPS) is 11.9. The van der Waals surface area contributed by atoms with Crippen LogP contribution >= 0.6 is 0 Å². The number of aromatic nitrogens is 3. The minimum Gasteiger partial charge on any atom is -0.346 e. The van der Waals surface area contributed by atoms with Gasteiger partial charge in [0.15, 0.2) is 5.43 Å². The number of fused-ring (bicyclic) bond motifs is 1. The third-order valence-electron chi connectivity index (χ3n) is 3.27. The molecule has 0 saturated heterocycles. The van der Waals surface area contributed by atoms with Crippen molar-refractivity contribution in [2.75, 3.05) is 0 Å². The Morgan fingerprint density at radius 1 is 1.10 bits per heavy atom. The van der Waals surface area contributed by atoms with Crippen molar-refractivity contribution in [3.8, 4) is 11.3 Å². The maximum Gasteiger partial charge on any atom is 0.193 e. The SMILES string of the molecule is CC(C)(C)n1nc(-c2ccccc2)c2c(=O)cc[nH]c21. The van der Waals surface area contributed by atoms with Crippen molar-refractivity contribution in [3.63, 3.8) is 0 Å². The summed E-state index contributed by atoms with van der Waals surface area (Å²) in [5, 5.41) is 5.32. The molecule has 0 unspecified atom stereocenters. The molecule has 2 heterocycles. The smallest absolute Gasteiger partial charge is 0.193 e. The summed E-state index contributed by atoms with van der Waals surface area (Å²) in [7, 11) is 0. The van der Waals surface area contributed by atoms with E-state index >= 15 is 0 Å². The third kappa shape index (κ3) is 1.93. The van der Waals surface area contributed by atoms with E-state index in [9.17, 15) is 4.79 Å². The predicted molar refractivity (Wildman–Crippen MR) is 80.8 cm³/mol. The van der Waals surface area contributed by atoms with Crippen LogP contribution in [0.1, 0.15) is 20.8 Å². The van der Waals surface area contributed by atoms with Crippen molar-refractivity contribution in [1.82, 2.24) is 14.8 Å². The third-order valence-corrected chi connectivity index (χ3v) is 3.27. The van der Waals surface area contributed by atoms with Gasteiger partial charge in [-0.1, -0.05) is 30.3 Å². The highest BCUT2D eigenvalue weighted by atomic mass is 16.1. The first-order valence-corrected chi connectivity index (χ1v) is 6.65. The average Bonchev–Trinajstić information content (AvgIpc) is 2.81. The largest absolute Gasteiger partial charge is 0.346 e. The molecule has 0 fully saturated rings. The number of hydrogen-bond acceptors (Lipinski definition) is 2. The molecule has 3 rings (SSSR count). The van der Waals surface area contributed by atoms with Gasteiger partial charge in [-0.05, 0) is 20.8 Å². The van der Waals surface area contributed by atoms with Crippen LogP contribution < -0.4 is 5.43 Å². The zero-order chi connectivity index (χ0) is 14.3. The van der Waals surface area contributed by atoms with Crippen LogP contribution in [-0.2, 0) is 5.54 Å². The van der Waals surface area contributed by atoms with Crippen LogP contribution in [0.4, 0.5) is 0 Å². The second kappa shape index (κ2) is 4.34. The highest BCUT2D eigenvalue weighted by Gasteiger charge is 2.22. The summed E-state index contributed by atoms with van der Waals surface area (Å²) < 4.78 is 1.88. The van der Waals surface area contributed by atoms with Gasteiger partial charge in [0, 0.05) is 17.8 Å². The topological polar surface area (TPSA) is 50.7 Å². The number of hydrogen-bond donors (Lipinski definition) is 1. The molecule has 20 heavy (non-hydrogen) atoms. The Morgan fingerprint density at radius 2 is 1.80 bits per heavy atom. The molecule has 0 bridgehead atoms. The van der Waals surface area contributed by atoms with E-state index < -0.39 is 0 Å². The second-order valence-corrected chi connectivity index (χ2v) is 5.86. The van der Waals surface area contributed by atoms with Gasteiger partial charge in [0.05, 0.1) is 10.9 Å². The molecule has 0 spiro atoms. The van der Waals surface area contributed by atoms with Gasteiger partial charge in [-0.3, -0.25) is 4.79 Å². The first kappa shape index (κ1) is 12.7. The lowest BCUT2D eigenvalue weighted by Crippen LogP contribution is -2.23. The number of benzene rings is 1. The number of pyridine rings is 1. The molecule has 0 atom stereocenters. The monoisotopic (exact) mass is 267 g/mol. The van der Waals surface area contributed by atoms with E-state index in [0.717, 1.165) is 16.9 Å². The lowest BCUT2D eigenvalue weighted by atomic mass is 10.1. The molecule has 4 nitrogen and oxygen atoms in total. The Morgan fingerprint density at radius 3 is 2.45 bits per heavy atom. The number of aromatic amines is 1.